The minimum atomic E-state index is -0.766. The van der Waals surface area contributed by atoms with Gasteiger partial charge in [0.25, 0.3) is 11.2 Å². The molecule has 41 heavy (non-hydrogen) atoms. The summed E-state index contributed by atoms with van der Waals surface area (Å²) in [6, 6.07) is 15.8. The molecule has 0 saturated heterocycles. The van der Waals surface area contributed by atoms with Crippen LogP contribution in [0.4, 0.5) is 5.69 Å². The third-order valence-electron chi connectivity index (χ3n) is 6.32. The van der Waals surface area contributed by atoms with Gasteiger partial charge >= 0.3 is 5.97 Å². The molecule has 5 rings (SSSR count). The largest absolute Gasteiger partial charge is 0.490 e. The van der Waals surface area contributed by atoms with Crippen LogP contribution in [0.2, 0.25) is 0 Å². The first kappa shape index (κ1) is 27.5. The molecule has 2 aromatic heterocycles. The second kappa shape index (κ2) is 11.6. The highest BCUT2D eigenvalue weighted by Gasteiger charge is 2.33. The Morgan fingerprint density at radius 3 is 2.71 bits per heavy atom. The van der Waals surface area contributed by atoms with E-state index < -0.39 is 16.9 Å². The number of carbonyl (C=O) groups is 1. The molecule has 0 fully saturated rings. The summed E-state index contributed by atoms with van der Waals surface area (Å²) in [5.41, 5.74) is 1.55. The zero-order chi connectivity index (χ0) is 29.1. The van der Waals surface area contributed by atoms with Gasteiger partial charge in [-0.05, 0) is 43.7 Å². The highest BCUT2D eigenvalue weighted by Crippen LogP contribution is 2.32. The minimum absolute atomic E-state index is 0.0539. The van der Waals surface area contributed by atoms with E-state index in [1.807, 2.05) is 0 Å². The number of nitro benzene ring substituents is 1. The molecule has 0 saturated carbocycles. The van der Waals surface area contributed by atoms with E-state index in [4.69, 9.17) is 13.9 Å². The number of hydrogen-bond donors (Lipinski definition) is 0. The molecular formula is C30H25N3O7S. The van der Waals surface area contributed by atoms with Crippen LogP contribution in [0.15, 0.2) is 98.8 Å². The zero-order valence-electron chi connectivity index (χ0n) is 22.2. The van der Waals surface area contributed by atoms with Gasteiger partial charge in [0.05, 0.1) is 33.4 Å². The molecule has 0 bridgehead atoms. The molecule has 0 spiro atoms. The number of thiazole rings is 1. The van der Waals surface area contributed by atoms with Crippen LogP contribution >= 0.6 is 11.3 Å². The Bertz CT molecular complexity index is 1860. The lowest BCUT2D eigenvalue weighted by Gasteiger charge is -2.24. The number of allylic oxidation sites excluding steroid dienone is 1. The van der Waals surface area contributed by atoms with E-state index in [1.54, 1.807) is 74.5 Å². The molecule has 0 aliphatic carbocycles. The van der Waals surface area contributed by atoms with E-state index in [2.05, 4.69) is 11.6 Å². The first-order chi connectivity index (χ1) is 19.8. The minimum Gasteiger partial charge on any atom is -0.490 e. The summed E-state index contributed by atoms with van der Waals surface area (Å²) in [7, 11) is 0. The van der Waals surface area contributed by atoms with Gasteiger partial charge in [-0.2, -0.15) is 0 Å². The molecule has 0 unspecified atom stereocenters. The Morgan fingerprint density at radius 2 is 2.00 bits per heavy atom. The molecular weight excluding hydrogens is 546 g/mol. The Kier molecular flexibility index (Phi) is 7.79. The molecule has 3 heterocycles. The number of carbonyl (C=O) groups excluding carboxylic acids is 1. The maximum absolute atomic E-state index is 13.8. The number of rotatable bonds is 9. The molecule has 4 aromatic rings. The van der Waals surface area contributed by atoms with Crippen molar-refractivity contribution in [3.8, 4) is 17.1 Å². The lowest BCUT2D eigenvalue weighted by atomic mass is 9.96. The molecule has 208 valence electrons. The number of furan rings is 1. The van der Waals surface area contributed by atoms with Gasteiger partial charge in [0.15, 0.2) is 4.80 Å². The second-order valence-corrected chi connectivity index (χ2v) is 9.99. The monoisotopic (exact) mass is 571 g/mol. The quantitative estimate of drug-likeness (QED) is 0.125. The molecule has 1 aliphatic heterocycles. The van der Waals surface area contributed by atoms with E-state index >= 15 is 0 Å². The van der Waals surface area contributed by atoms with Crippen molar-refractivity contribution in [2.45, 2.75) is 19.9 Å². The molecule has 1 atom stereocenters. The van der Waals surface area contributed by atoms with E-state index in [-0.39, 0.29) is 23.4 Å². The number of esters is 1. The number of ether oxygens (including phenoxy) is 2. The van der Waals surface area contributed by atoms with Crippen molar-refractivity contribution >= 4 is 29.1 Å². The van der Waals surface area contributed by atoms with Gasteiger partial charge in [0, 0.05) is 23.8 Å². The number of aromatic nitrogens is 1. The molecule has 0 N–H and O–H groups in total. The SMILES string of the molecule is C=CCOc1ccc([C@@H]2C(C(=O)OCC)=C(C)N=c3s/c(=C\c4ccc(-c5cccc([N+](=O)[O-])c5)o4)c(=O)n32)cc1. The van der Waals surface area contributed by atoms with E-state index in [0.717, 1.165) is 0 Å². The van der Waals surface area contributed by atoms with Crippen molar-refractivity contribution < 1.29 is 23.6 Å². The lowest BCUT2D eigenvalue weighted by Crippen LogP contribution is -2.39. The summed E-state index contributed by atoms with van der Waals surface area (Å²) < 4.78 is 18.7. The Morgan fingerprint density at radius 1 is 1.22 bits per heavy atom. The fourth-order valence-electron chi connectivity index (χ4n) is 4.50. The van der Waals surface area contributed by atoms with Crippen LogP contribution in [-0.2, 0) is 9.53 Å². The van der Waals surface area contributed by atoms with Crippen molar-refractivity contribution in [1.82, 2.24) is 4.57 Å². The van der Waals surface area contributed by atoms with Gasteiger partial charge < -0.3 is 13.9 Å². The predicted molar refractivity (Wildman–Crippen MR) is 153 cm³/mol. The maximum atomic E-state index is 13.8. The van der Waals surface area contributed by atoms with Gasteiger partial charge in [-0.15, -0.1) is 0 Å². The average Bonchev–Trinajstić information content (AvgIpc) is 3.56. The first-order valence-corrected chi connectivity index (χ1v) is 13.5. The van der Waals surface area contributed by atoms with Crippen molar-refractivity contribution in [3.63, 3.8) is 0 Å². The van der Waals surface area contributed by atoms with Crippen LogP contribution in [-0.4, -0.2) is 28.7 Å². The van der Waals surface area contributed by atoms with E-state index in [9.17, 15) is 19.7 Å². The summed E-state index contributed by atoms with van der Waals surface area (Å²) in [5, 5.41) is 11.2. The topological polar surface area (TPSA) is 126 Å². The average molecular weight is 572 g/mol. The summed E-state index contributed by atoms with van der Waals surface area (Å²) in [6.45, 7) is 7.60. The summed E-state index contributed by atoms with van der Waals surface area (Å²) in [5.74, 6) is 0.882. The Labute approximate surface area is 238 Å². The Balaban J connectivity index is 1.59. The summed E-state index contributed by atoms with van der Waals surface area (Å²) in [4.78, 5) is 42.6. The number of non-ortho nitro benzene ring substituents is 1. The first-order valence-electron chi connectivity index (χ1n) is 12.7. The fraction of sp³-hybridized carbons (Fsp3) is 0.167. The van der Waals surface area contributed by atoms with Crippen LogP contribution in [0.1, 0.15) is 31.2 Å². The molecule has 2 aromatic carbocycles. The van der Waals surface area contributed by atoms with Crippen LogP contribution in [0, 0.1) is 10.1 Å². The van der Waals surface area contributed by atoms with Crippen LogP contribution in [0.3, 0.4) is 0 Å². The number of benzene rings is 2. The van der Waals surface area contributed by atoms with E-state index in [0.29, 0.717) is 50.0 Å². The smallest absolute Gasteiger partial charge is 0.338 e. The molecule has 0 radical (unpaired) electrons. The summed E-state index contributed by atoms with van der Waals surface area (Å²) in [6.07, 6.45) is 3.24. The normalized spacial score (nSPS) is 14.8. The van der Waals surface area contributed by atoms with Crippen LogP contribution < -0.4 is 19.6 Å². The van der Waals surface area contributed by atoms with Crippen molar-refractivity contribution in [3.05, 3.63) is 126 Å². The highest BCUT2D eigenvalue weighted by atomic mass is 32.1. The van der Waals surface area contributed by atoms with Crippen molar-refractivity contribution in [2.24, 2.45) is 4.99 Å². The highest BCUT2D eigenvalue weighted by molar-refractivity contribution is 7.07. The maximum Gasteiger partial charge on any atom is 0.338 e. The number of nitrogens with zero attached hydrogens (tertiary/aromatic N) is 3. The third kappa shape index (κ3) is 5.52. The van der Waals surface area contributed by atoms with Crippen molar-refractivity contribution in [1.29, 1.82) is 0 Å². The fourth-order valence-corrected chi connectivity index (χ4v) is 5.52. The Hall–Kier alpha value is -5.03. The molecule has 11 heteroatoms. The van der Waals surface area contributed by atoms with Crippen LogP contribution in [0.5, 0.6) is 5.75 Å². The van der Waals surface area contributed by atoms with E-state index in [1.165, 1.54) is 28.0 Å². The van der Waals surface area contributed by atoms with Gasteiger partial charge in [0.2, 0.25) is 0 Å². The zero-order valence-corrected chi connectivity index (χ0v) is 23.1. The lowest BCUT2D eigenvalue weighted by molar-refractivity contribution is -0.384. The second-order valence-electron chi connectivity index (χ2n) is 8.98. The molecule has 10 nitrogen and oxygen atoms in total. The van der Waals surface area contributed by atoms with Crippen LogP contribution in [0.25, 0.3) is 17.4 Å². The van der Waals surface area contributed by atoms with Crippen molar-refractivity contribution in [2.75, 3.05) is 13.2 Å². The summed E-state index contributed by atoms with van der Waals surface area (Å²) >= 11 is 1.17. The number of nitro groups is 1. The van der Waals surface area contributed by atoms with Gasteiger partial charge in [-0.1, -0.05) is 48.3 Å². The molecule has 1 aliphatic rings. The standard InChI is InChI=1S/C30H25N3O7S/c1-4-15-39-22-11-9-19(10-12-22)27-26(29(35)38-5-2)18(3)31-30-32(27)28(34)25(41-30)17-23-13-14-24(40-23)20-7-6-8-21(16-20)33(36)37/h4,6-14,16-17,27H,1,5,15H2,2-3H3/b25-17-/t27-/m1/s1. The third-order valence-corrected chi connectivity index (χ3v) is 7.31. The van der Waals surface area contributed by atoms with Gasteiger partial charge in [-0.3, -0.25) is 19.5 Å². The van der Waals surface area contributed by atoms with Gasteiger partial charge in [0.1, 0.15) is 23.9 Å². The number of hydrogen-bond acceptors (Lipinski definition) is 9. The molecule has 0 amide bonds. The van der Waals surface area contributed by atoms with Gasteiger partial charge in [-0.25, -0.2) is 9.79 Å². The number of fused-ring (bicyclic) bond motifs is 1. The predicted octanol–water partition coefficient (Wildman–Crippen LogP) is 4.53.